The highest BCUT2D eigenvalue weighted by atomic mass is 79.9. The topological polar surface area (TPSA) is 276 Å². The van der Waals surface area contributed by atoms with Crippen molar-refractivity contribution in [3.05, 3.63) is 12.2 Å². The highest BCUT2D eigenvalue weighted by Gasteiger charge is 2.43. The second-order valence-corrected chi connectivity index (χ2v) is 35.5. The van der Waals surface area contributed by atoms with Gasteiger partial charge in [0, 0.05) is 30.0 Å². The number of hydrogen-bond acceptors (Lipinski definition) is 24. The Morgan fingerprint density at radius 1 is 0.340 bits per heavy atom. The van der Waals surface area contributed by atoms with Crippen LogP contribution in [0.3, 0.4) is 0 Å². The normalized spacial score (nSPS) is 12.3. The average molecular weight is 1860 g/mol. The van der Waals surface area contributed by atoms with E-state index in [1.807, 2.05) is 27.7 Å². The molecule has 638 valence electrons. The molecule has 0 saturated carbocycles. The van der Waals surface area contributed by atoms with Crippen LogP contribution in [0, 0.1) is 16.2 Å². The quantitative estimate of drug-likeness (QED) is 0.0129. The molecule has 0 fully saturated rings. The Labute approximate surface area is 693 Å². The highest BCUT2D eigenvalue weighted by molar-refractivity contribution is 9.10. The molecule has 0 aliphatic heterocycles. The molecule has 0 radical (unpaired) electrons. The number of rotatable bonds is 48. The van der Waals surface area contributed by atoms with Gasteiger partial charge in [0.2, 0.25) is 0 Å². The minimum Gasteiger partial charge on any atom is -0.469 e. The van der Waals surface area contributed by atoms with E-state index < -0.39 is 46.8 Å². The van der Waals surface area contributed by atoms with Gasteiger partial charge >= 0.3 is 41.8 Å². The first kappa shape index (κ1) is 123. The van der Waals surface area contributed by atoms with Gasteiger partial charge in [0.15, 0.2) is 11.6 Å². The molecule has 0 saturated heterocycles. The molecule has 24 nitrogen and oxygen atoms in total. The second-order valence-electron chi connectivity index (χ2n) is 28.1. The summed E-state index contributed by atoms with van der Waals surface area (Å²) in [6.45, 7) is 56.6. The first-order valence-electron chi connectivity index (χ1n) is 37.4. The van der Waals surface area contributed by atoms with Gasteiger partial charge in [-0.3, -0.25) is 28.8 Å². The summed E-state index contributed by atoms with van der Waals surface area (Å²) in [6.07, 6.45) is 8.87. The summed E-state index contributed by atoms with van der Waals surface area (Å²) >= 11 is 9.79. The lowest BCUT2D eigenvalue weighted by Crippen LogP contribution is -2.39. The number of halogens is 3. The van der Waals surface area contributed by atoms with Crippen LogP contribution in [0.25, 0.3) is 0 Å². The second kappa shape index (κ2) is 70.4. The Morgan fingerprint density at radius 3 is 0.915 bits per heavy atom. The molecule has 106 heavy (non-hydrogen) atoms. The van der Waals surface area contributed by atoms with Crippen molar-refractivity contribution in [1.82, 2.24) is 0 Å². The third kappa shape index (κ3) is 76.8. The lowest BCUT2D eigenvalue weighted by molar-refractivity contribution is -0.166. The van der Waals surface area contributed by atoms with Gasteiger partial charge in [0.05, 0.1) is 89.9 Å². The monoisotopic (exact) mass is 1850 g/mol. The van der Waals surface area contributed by atoms with Gasteiger partial charge in [0.1, 0.15) is 81.3 Å². The summed E-state index contributed by atoms with van der Waals surface area (Å²) in [5, 5.41) is 0. The number of carbonyl (C=O) groups is 7. The van der Waals surface area contributed by atoms with Gasteiger partial charge in [-0.05, 0) is 224 Å². The minimum atomic E-state index is -0.933. The van der Waals surface area contributed by atoms with E-state index >= 15 is 0 Å². The van der Waals surface area contributed by atoms with E-state index in [0.717, 1.165) is 59.5 Å². The van der Waals surface area contributed by atoms with Gasteiger partial charge in [-0.2, -0.15) is 0 Å². The number of alkyl halides is 3. The summed E-state index contributed by atoms with van der Waals surface area (Å²) in [5.74, 6) is -3.46. The zero-order chi connectivity index (χ0) is 85.3. The number of esters is 7. The number of unbranched alkanes of at least 4 members (excludes halogenated alkanes) is 3. The summed E-state index contributed by atoms with van der Waals surface area (Å²) in [5.41, 5.74) is -2.03. The molecule has 0 heterocycles. The number of methoxy groups -OCH3 is 2. The fourth-order valence-corrected chi connectivity index (χ4v) is 9.40. The van der Waals surface area contributed by atoms with Gasteiger partial charge < -0.3 is 79.3 Å². The SMILES string of the molecule is C=C(C)C(=O)OCCCCCC.CC(C)(CCCOCCOC(=O)C(C)(C)Br)O[SiH3].CC(C)(O[SiH3])OCCOCCOC(=O)C(C)(C)Br.COC(=O)C(C)(Br)CC(C)(C)C(=O)OCCOCCCC(C)(C)O[SiH3].COC(=O)C(C)(C)CC(C)(C)C(=O)OCCOCCOC(C)(C)O[SiH3].C[SiH3].C[SiH3].C[SiH3].C[SiH3]. The van der Waals surface area contributed by atoms with Crippen molar-refractivity contribution in [2.24, 2.45) is 16.2 Å². The molecule has 0 spiro atoms. The summed E-state index contributed by atoms with van der Waals surface area (Å²) in [6, 6.07) is 0. The van der Waals surface area contributed by atoms with E-state index in [-0.39, 0.29) is 79.9 Å². The minimum absolute atomic E-state index is 0.0396. The van der Waals surface area contributed by atoms with Crippen molar-refractivity contribution >= 4 is 172 Å². The Balaban J connectivity index is -0.000000157. The predicted octanol–water partition coefficient (Wildman–Crippen LogP) is 5.99. The Bertz CT molecular complexity index is 2090. The van der Waals surface area contributed by atoms with Crippen molar-refractivity contribution < 1.29 is 113 Å². The molecule has 0 N–H and O–H groups in total. The van der Waals surface area contributed by atoms with E-state index in [1.54, 1.807) is 83.1 Å². The van der Waals surface area contributed by atoms with Crippen LogP contribution >= 0.6 is 47.8 Å². The zero-order valence-corrected chi connectivity index (χ0v) is 94.1. The van der Waals surface area contributed by atoms with Crippen molar-refractivity contribution in [1.29, 1.82) is 0 Å². The molecule has 0 aromatic carbocycles. The molecule has 35 heteroatoms. The fraction of sp³-hybridized carbons (Fsp3) is 0.873. The maximum absolute atomic E-state index is 12.2. The Hall–Kier alpha value is -1.19. The molecule has 0 aliphatic carbocycles. The average Bonchev–Trinajstić information content (AvgIpc) is 0.834. The number of hydrogen-bond donors (Lipinski definition) is 0. The summed E-state index contributed by atoms with van der Waals surface area (Å²) in [4.78, 5) is 81.6. The van der Waals surface area contributed by atoms with Crippen LogP contribution in [-0.2, 0) is 113 Å². The smallest absolute Gasteiger partial charge is 0.333 e. The largest absolute Gasteiger partial charge is 0.469 e. The molecule has 0 aliphatic rings. The van der Waals surface area contributed by atoms with E-state index in [2.05, 4.69) is 115 Å². The van der Waals surface area contributed by atoms with Crippen LogP contribution in [-0.4, -0.2) is 274 Å². The summed E-state index contributed by atoms with van der Waals surface area (Å²) < 4.78 is 86.7. The van der Waals surface area contributed by atoms with E-state index in [0.29, 0.717) is 106 Å². The predicted molar refractivity (Wildman–Crippen MR) is 469 cm³/mol. The van der Waals surface area contributed by atoms with Crippen LogP contribution in [0.2, 0.25) is 26.2 Å². The van der Waals surface area contributed by atoms with Gasteiger partial charge in [0.25, 0.3) is 0 Å². The lowest BCUT2D eigenvalue weighted by Gasteiger charge is -2.31. The van der Waals surface area contributed by atoms with Crippen molar-refractivity contribution in [3.63, 3.8) is 0 Å². The molecule has 1 atom stereocenters. The number of ether oxygens (including phenoxy) is 13. The maximum Gasteiger partial charge on any atom is 0.333 e. The first-order valence-corrected chi connectivity index (χ1v) is 51.0. The standard InChI is InChI=1S/C17H33BrO6Si.C17H34O7Si.C12H25BrO4Si.C11H23BrO5Si.C10H18O2.4CH6Si/c1-15(2,12-17(5,18)14(20)21-6)13(19)23-11-10-22-9-7-8-16(3,4)24-25;1-15(2,13(18)20-7)12-16(3,4)14(19)22-10-8-21-9-11-23-17(5,6)24-25;1-11(2,17-18)6-5-7-15-8-9-16-10(14)12(3,4)13;1-10(2,12)9(13)15-7-5-14-6-8-16-11(3,4)17-18;1-4-5-6-7-8-12-10(11)9(2)3;4*1-2/h7-12H2,1-6,25H3;8-12H2,1-7,25H3;5-9H2,1-4,18H3;5-8H2,1-4,18H3;2,4-8H2,1,3H3;4*1-2H3. The zero-order valence-electron chi connectivity index (χ0n) is 73.3. The van der Waals surface area contributed by atoms with Crippen LogP contribution in [0.5, 0.6) is 0 Å². The lowest BCUT2D eigenvalue weighted by atomic mass is 9.75. The van der Waals surface area contributed by atoms with Gasteiger partial charge in [-0.1, -0.05) is 107 Å². The molecule has 0 aromatic heterocycles. The van der Waals surface area contributed by atoms with Crippen LogP contribution < -0.4 is 0 Å². The van der Waals surface area contributed by atoms with Gasteiger partial charge in [-0.25, -0.2) is 4.79 Å². The Kier molecular flexibility index (Phi) is 81.8. The highest BCUT2D eigenvalue weighted by Crippen LogP contribution is 2.37. The molecule has 0 amide bonds. The molecule has 1 unspecified atom stereocenters. The third-order valence-electron chi connectivity index (χ3n) is 14.1. The molecular weight excluding hydrogens is 1700 g/mol. The van der Waals surface area contributed by atoms with Crippen molar-refractivity contribution in [2.45, 2.75) is 272 Å². The first-order chi connectivity index (χ1) is 48.8. The molecular formula is C71H157Br3O24Si8. The maximum atomic E-state index is 12.2. The molecule has 0 aromatic rings. The fourth-order valence-electron chi connectivity index (χ4n) is 7.66. The van der Waals surface area contributed by atoms with Crippen molar-refractivity contribution in [2.75, 3.05) is 113 Å². The van der Waals surface area contributed by atoms with Gasteiger partial charge in [-0.15, -0.1) is 0 Å². The molecule has 0 bridgehead atoms. The van der Waals surface area contributed by atoms with Crippen LogP contribution in [0.1, 0.15) is 210 Å². The van der Waals surface area contributed by atoms with Crippen LogP contribution in [0.15, 0.2) is 12.2 Å². The Morgan fingerprint density at radius 2 is 0.632 bits per heavy atom. The number of carbonyl (C=O) groups excluding carboxylic acids is 7. The van der Waals surface area contributed by atoms with Crippen LogP contribution in [0.4, 0.5) is 0 Å². The third-order valence-corrected chi connectivity index (χ3v) is 19.5. The molecule has 0 rings (SSSR count). The van der Waals surface area contributed by atoms with Crippen molar-refractivity contribution in [3.8, 4) is 0 Å². The van der Waals surface area contributed by atoms with E-state index in [9.17, 15) is 33.6 Å². The van der Waals surface area contributed by atoms with E-state index in [4.69, 9.17) is 79.3 Å². The summed E-state index contributed by atoms with van der Waals surface area (Å²) in [7, 11) is 10.6. The van der Waals surface area contributed by atoms with E-state index in [1.165, 1.54) is 68.0 Å².